The minimum absolute atomic E-state index is 0.273. The van der Waals surface area contributed by atoms with Crippen LogP contribution >= 0.6 is 0 Å². The second-order valence-electron chi connectivity index (χ2n) is 5.03. The normalized spacial score (nSPS) is 12.7. The van der Waals surface area contributed by atoms with Crippen molar-refractivity contribution >= 4 is 10.8 Å². The predicted molar refractivity (Wildman–Crippen MR) is 80.9 cm³/mol. The van der Waals surface area contributed by atoms with Crippen molar-refractivity contribution in [2.75, 3.05) is 0 Å². The summed E-state index contributed by atoms with van der Waals surface area (Å²) in [4.78, 5) is 5.65. The lowest BCUT2D eigenvalue weighted by molar-refractivity contribution is -0.0233. The number of hydrogen-bond acceptors (Lipinski definition) is 2. The SMILES string of the molecule is CCCCC(C)ONCc1cccc2ccccc12. The van der Waals surface area contributed by atoms with Crippen LogP contribution in [0.2, 0.25) is 0 Å². The molecule has 0 heterocycles. The highest BCUT2D eigenvalue weighted by Crippen LogP contribution is 2.18. The summed E-state index contributed by atoms with van der Waals surface area (Å²) in [6.45, 7) is 5.07. The second-order valence-corrected chi connectivity index (χ2v) is 5.03. The fraction of sp³-hybridized carbons (Fsp3) is 0.412. The van der Waals surface area contributed by atoms with Crippen LogP contribution in [-0.2, 0) is 11.4 Å². The van der Waals surface area contributed by atoms with Gasteiger partial charge in [-0.2, -0.15) is 5.48 Å². The summed E-state index contributed by atoms with van der Waals surface area (Å²) in [6, 6.07) is 14.8. The topological polar surface area (TPSA) is 21.3 Å². The Hall–Kier alpha value is -1.38. The summed E-state index contributed by atoms with van der Waals surface area (Å²) in [7, 11) is 0. The molecule has 0 aliphatic carbocycles. The molecule has 0 amide bonds. The van der Waals surface area contributed by atoms with Crippen LogP contribution in [0.15, 0.2) is 42.5 Å². The summed E-state index contributed by atoms with van der Waals surface area (Å²) >= 11 is 0. The first-order valence-corrected chi connectivity index (χ1v) is 7.16. The Balaban J connectivity index is 1.91. The quantitative estimate of drug-likeness (QED) is 0.740. The Morgan fingerprint density at radius 2 is 1.89 bits per heavy atom. The van der Waals surface area contributed by atoms with E-state index in [4.69, 9.17) is 4.84 Å². The van der Waals surface area contributed by atoms with Gasteiger partial charge < -0.3 is 0 Å². The first-order chi connectivity index (χ1) is 9.31. The van der Waals surface area contributed by atoms with Crippen molar-refractivity contribution in [1.82, 2.24) is 5.48 Å². The first-order valence-electron chi connectivity index (χ1n) is 7.16. The van der Waals surface area contributed by atoms with Crippen LogP contribution in [0.4, 0.5) is 0 Å². The molecule has 1 atom stereocenters. The van der Waals surface area contributed by atoms with E-state index < -0.39 is 0 Å². The molecule has 0 spiro atoms. The fourth-order valence-electron chi connectivity index (χ4n) is 2.26. The largest absolute Gasteiger partial charge is 0.298 e. The lowest BCUT2D eigenvalue weighted by Crippen LogP contribution is -2.21. The Morgan fingerprint density at radius 1 is 1.11 bits per heavy atom. The molecule has 1 unspecified atom stereocenters. The Labute approximate surface area is 115 Å². The summed E-state index contributed by atoms with van der Waals surface area (Å²) in [5, 5.41) is 2.57. The van der Waals surface area contributed by atoms with Gasteiger partial charge in [-0.3, -0.25) is 4.84 Å². The van der Waals surface area contributed by atoms with Gasteiger partial charge in [-0.15, -0.1) is 0 Å². The Bertz CT molecular complexity index is 504. The second kappa shape index (κ2) is 7.27. The van der Waals surface area contributed by atoms with E-state index in [0.717, 1.165) is 13.0 Å². The van der Waals surface area contributed by atoms with E-state index >= 15 is 0 Å². The first kappa shape index (κ1) is 14.0. The molecule has 0 bridgehead atoms. The maximum atomic E-state index is 5.65. The third-order valence-corrected chi connectivity index (χ3v) is 3.39. The molecule has 2 rings (SSSR count). The fourth-order valence-corrected chi connectivity index (χ4v) is 2.26. The van der Waals surface area contributed by atoms with Crippen LogP contribution in [0.3, 0.4) is 0 Å². The van der Waals surface area contributed by atoms with E-state index in [9.17, 15) is 0 Å². The maximum absolute atomic E-state index is 5.65. The molecule has 102 valence electrons. The lowest BCUT2D eigenvalue weighted by atomic mass is 10.1. The summed E-state index contributed by atoms with van der Waals surface area (Å²) in [5.74, 6) is 0. The summed E-state index contributed by atoms with van der Waals surface area (Å²) < 4.78 is 0. The molecule has 0 saturated carbocycles. The van der Waals surface area contributed by atoms with E-state index in [1.54, 1.807) is 0 Å². The van der Waals surface area contributed by atoms with E-state index in [0.29, 0.717) is 0 Å². The molecule has 1 N–H and O–H groups in total. The van der Waals surface area contributed by atoms with Gasteiger partial charge in [-0.25, -0.2) is 0 Å². The summed E-state index contributed by atoms with van der Waals surface area (Å²) in [6.07, 6.45) is 3.82. The Kier molecular flexibility index (Phi) is 5.37. The number of fused-ring (bicyclic) bond motifs is 1. The van der Waals surface area contributed by atoms with Gasteiger partial charge in [0.25, 0.3) is 0 Å². The minimum Gasteiger partial charge on any atom is -0.298 e. The summed E-state index contributed by atoms with van der Waals surface area (Å²) in [5.41, 5.74) is 4.38. The zero-order valence-electron chi connectivity index (χ0n) is 11.9. The van der Waals surface area contributed by atoms with E-state index in [2.05, 4.69) is 61.8 Å². The Morgan fingerprint density at radius 3 is 2.74 bits per heavy atom. The van der Waals surface area contributed by atoms with Crippen molar-refractivity contribution in [3.63, 3.8) is 0 Å². The van der Waals surface area contributed by atoms with Gasteiger partial charge in [0.05, 0.1) is 6.10 Å². The predicted octanol–water partition coefficient (Wildman–Crippen LogP) is 4.44. The zero-order valence-corrected chi connectivity index (χ0v) is 11.9. The number of benzene rings is 2. The monoisotopic (exact) mass is 257 g/mol. The van der Waals surface area contributed by atoms with Crippen molar-refractivity contribution in [1.29, 1.82) is 0 Å². The minimum atomic E-state index is 0.273. The molecule has 0 radical (unpaired) electrons. The average Bonchev–Trinajstić information content (AvgIpc) is 2.45. The van der Waals surface area contributed by atoms with Crippen molar-refractivity contribution < 1.29 is 4.84 Å². The molecular weight excluding hydrogens is 234 g/mol. The number of hydroxylamine groups is 1. The number of nitrogens with one attached hydrogen (secondary N) is 1. The van der Waals surface area contributed by atoms with E-state index in [1.807, 2.05) is 0 Å². The smallest absolute Gasteiger partial charge is 0.0762 e. The van der Waals surface area contributed by atoms with Crippen molar-refractivity contribution in [2.24, 2.45) is 0 Å². The number of hydrogen-bond donors (Lipinski definition) is 1. The highest BCUT2D eigenvalue weighted by molar-refractivity contribution is 5.85. The number of unbranched alkanes of at least 4 members (excludes halogenated alkanes) is 1. The van der Waals surface area contributed by atoms with Gasteiger partial charge in [0.15, 0.2) is 0 Å². The molecule has 19 heavy (non-hydrogen) atoms. The van der Waals surface area contributed by atoms with Crippen LogP contribution < -0.4 is 5.48 Å². The molecule has 2 aromatic carbocycles. The van der Waals surface area contributed by atoms with Crippen LogP contribution in [-0.4, -0.2) is 6.10 Å². The number of rotatable bonds is 7. The van der Waals surface area contributed by atoms with Gasteiger partial charge in [-0.05, 0) is 29.7 Å². The highest BCUT2D eigenvalue weighted by Gasteiger charge is 2.03. The molecule has 2 nitrogen and oxygen atoms in total. The van der Waals surface area contributed by atoms with Crippen LogP contribution in [0.5, 0.6) is 0 Å². The standard InChI is InChI=1S/C17H23NO/c1-3-4-8-14(2)19-18-13-16-11-7-10-15-9-5-6-12-17(15)16/h5-7,9-12,14,18H,3-4,8,13H2,1-2H3. The van der Waals surface area contributed by atoms with Crippen molar-refractivity contribution in [3.05, 3.63) is 48.0 Å². The third kappa shape index (κ3) is 4.05. The van der Waals surface area contributed by atoms with Gasteiger partial charge in [0.1, 0.15) is 0 Å². The molecule has 0 saturated heterocycles. The zero-order chi connectivity index (χ0) is 13.5. The molecular formula is C17H23NO. The average molecular weight is 257 g/mol. The van der Waals surface area contributed by atoms with Gasteiger partial charge in [0, 0.05) is 6.54 Å². The van der Waals surface area contributed by atoms with Crippen LogP contribution in [0.25, 0.3) is 10.8 Å². The van der Waals surface area contributed by atoms with Crippen molar-refractivity contribution in [2.45, 2.75) is 45.8 Å². The van der Waals surface area contributed by atoms with Gasteiger partial charge in [-0.1, -0.05) is 62.2 Å². The molecule has 0 aliphatic rings. The van der Waals surface area contributed by atoms with Crippen LogP contribution in [0, 0.1) is 0 Å². The van der Waals surface area contributed by atoms with Crippen molar-refractivity contribution in [3.8, 4) is 0 Å². The lowest BCUT2D eigenvalue weighted by Gasteiger charge is -2.14. The van der Waals surface area contributed by atoms with Crippen LogP contribution in [0.1, 0.15) is 38.7 Å². The third-order valence-electron chi connectivity index (χ3n) is 3.39. The molecule has 2 heteroatoms. The molecule has 0 fully saturated rings. The van der Waals surface area contributed by atoms with Gasteiger partial charge >= 0.3 is 0 Å². The highest BCUT2D eigenvalue weighted by atomic mass is 16.7. The molecule has 0 aromatic heterocycles. The van der Waals surface area contributed by atoms with E-state index in [-0.39, 0.29) is 6.10 Å². The maximum Gasteiger partial charge on any atom is 0.0762 e. The molecule has 2 aromatic rings. The van der Waals surface area contributed by atoms with E-state index in [1.165, 1.54) is 29.2 Å². The molecule has 0 aliphatic heterocycles. The van der Waals surface area contributed by atoms with Gasteiger partial charge in [0.2, 0.25) is 0 Å².